The van der Waals surface area contributed by atoms with Crippen molar-refractivity contribution >= 4 is 0 Å². The number of likely N-dealkylation sites (N-methyl/N-ethyl adjacent to an activating group) is 1. The van der Waals surface area contributed by atoms with Gasteiger partial charge in [0.05, 0.1) is 6.04 Å². The molecule has 0 aliphatic carbocycles. The van der Waals surface area contributed by atoms with Crippen molar-refractivity contribution in [2.75, 3.05) is 28.2 Å². The van der Waals surface area contributed by atoms with Crippen LogP contribution in [0.15, 0.2) is 48.7 Å². The van der Waals surface area contributed by atoms with E-state index in [0.717, 1.165) is 0 Å². The van der Waals surface area contributed by atoms with Crippen LogP contribution in [0.2, 0.25) is 0 Å². The van der Waals surface area contributed by atoms with E-state index in [4.69, 9.17) is 0 Å². The molecular formula is C23H38N4. The lowest BCUT2D eigenvalue weighted by Crippen LogP contribution is -2.53. The molecule has 1 aromatic carbocycles. The quantitative estimate of drug-likeness (QED) is 0.636. The molecule has 0 saturated carbocycles. The number of hydrogen-bond acceptors (Lipinski definition) is 4. The van der Waals surface area contributed by atoms with Gasteiger partial charge in [-0.3, -0.25) is 4.90 Å². The third-order valence-corrected chi connectivity index (χ3v) is 5.59. The number of benzene rings is 1. The molecule has 2 unspecified atom stereocenters. The Hall–Kier alpha value is -1.62. The molecule has 0 fully saturated rings. The second-order valence-corrected chi connectivity index (χ2v) is 7.79. The number of fused-ring (bicyclic) bond motifs is 1. The standard InChI is InChI=1S/C23H38N4/c1-8-13-18(14-9-2)26(6)23-20-17-12-11-16-19(20)22(24-27(23)7)21(15-10-3)25(4)5/h10-12,15-18,22-24H,3,8-9,13-14H2,1-2,4-7H3/b21-15-. The topological polar surface area (TPSA) is 21.8 Å². The normalized spacial score (nSPS) is 20.8. The Balaban J connectivity index is 2.45. The highest BCUT2D eigenvalue weighted by Gasteiger charge is 2.36. The van der Waals surface area contributed by atoms with Crippen molar-refractivity contribution < 1.29 is 0 Å². The van der Waals surface area contributed by atoms with E-state index < -0.39 is 0 Å². The first-order valence-electron chi connectivity index (χ1n) is 10.3. The van der Waals surface area contributed by atoms with Gasteiger partial charge in [0.15, 0.2) is 0 Å². The van der Waals surface area contributed by atoms with E-state index in [9.17, 15) is 0 Å². The largest absolute Gasteiger partial charge is 0.379 e. The van der Waals surface area contributed by atoms with Crippen LogP contribution in [0.4, 0.5) is 0 Å². The molecule has 1 aliphatic heterocycles. The molecule has 0 aromatic heterocycles. The number of hydrazine groups is 1. The summed E-state index contributed by atoms with van der Waals surface area (Å²) < 4.78 is 0. The molecule has 27 heavy (non-hydrogen) atoms. The zero-order valence-corrected chi connectivity index (χ0v) is 18.1. The maximum Gasteiger partial charge on any atom is 0.102 e. The molecular weight excluding hydrogens is 332 g/mol. The molecule has 1 N–H and O–H groups in total. The van der Waals surface area contributed by atoms with Crippen molar-refractivity contribution in [3.63, 3.8) is 0 Å². The fourth-order valence-corrected chi connectivity index (χ4v) is 4.32. The lowest BCUT2D eigenvalue weighted by Gasteiger charge is -2.47. The molecule has 0 amide bonds. The van der Waals surface area contributed by atoms with Gasteiger partial charge in [-0.15, -0.1) is 0 Å². The molecule has 150 valence electrons. The van der Waals surface area contributed by atoms with E-state index >= 15 is 0 Å². The van der Waals surface area contributed by atoms with Gasteiger partial charge < -0.3 is 4.90 Å². The van der Waals surface area contributed by atoms with Crippen molar-refractivity contribution in [2.45, 2.75) is 57.8 Å². The maximum atomic E-state index is 3.91. The van der Waals surface area contributed by atoms with Crippen LogP contribution in [0, 0.1) is 0 Å². The minimum absolute atomic E-state index is 0.125. The smallest absolute Gasteiger partial charge is 0.102 e. The molecule has 0 radical (unpaired) electrons. The van der Waals surface area contributed by atoms with Crippen molar-refractivity contribution in [1.29, 1.82) is 0 Å². The Morgan fingerprint density at radius 2 is 1.74 bits per heavy atom. The Morgan fingerprint density at radius 1 is 1.15 bits per heavy atom. The fourth-order valence-electron chi connectivity index (χ4n) is 4.32. The predicted octanol–water partition coefficient (Wildman–Crippen LogP) is 4.71. The third kappa shape index (κ3) is 4.81. The summed E-state index contributed by atoms with van der Waals surface area (Å²) in [6.45, 7) is 8.48. The Bertz CT molecular complexity index is 631. The summed E-state index contributed by atoms with van der Waals surface area (Å²) in [5, 5.41) is 2.28. The molecule has 1 aliphatic rings. The Kier molecular flexibility index (Phi) is 8.08. The van der Waals surface area contributed by atoms with Crippen LogP contribution in [-0.4, -0.2) is 49.0 Å². The van der Waals surface area contributed by atoms with Gasteiger partial charge in [0, 0.05) is 32.9 Å². The first kappa shape index (κ1) is 21.7. The molecule has 4 heteroatoms. The zero-order valence-electron chi connectivity index (χ0n) is 18.1. The van der Waals surface area contributed by atoms with Gasteiger partial charge in [0.25, 0.3) is 0 Å². The Labute approximate surface area is 166 Å². The molecule has 0 spiro atoms. The summed E-state index contributed by atoms with van der Waals surface area (Å²) in [5.41, 5.74) is 7.69. The maximum absolute atomic E-state index is 3.91. The fraction of sp³-hybridized carbons (Fsp3) is 0.565. The van der Waals surface area contributed by atoms with Crippen LogP contribution in [0.3, 0.4) is 0 Å². The second-order valence-electron chi connectivity index (χ2n) is 7.79. The summed E-state index contributed by atoms with van der Waals surface area (Å²) in [5.74, 6) is 0. The van der Waals surface area contributed by atoms with Crippen LogP contribution in [0.1, 0.15) is 62.9 Å². The van der Waals surface area contributed by atoms with Crippen molar-refractivity contribution in [3.05, 3.63) is 59.8 Å². The lowest BCUT2D eigenvalue weighted by atomic mass is 9.92. The third-order valence-electron chi connectivity index (χ3n) is 5.59. The summed E-state index contributed by atoms with van der Waals surface area (Å²) in [7, 11) is 8.63. The van der Waals surface area contributed by atoms with Crippen LogP contribution >= 0.6 is 0 Å². The monoisotopic (exact) mass is 370 g/mol. The van der Waals surface area contributed by atoms with Gasteiger partial charge in [-0.2, -0.15) is 0 Å². The van der Waals surface area contributed by atoms with E-state index in [1.54, 1.807) is 0 Å². The Morgan fingerprint density at radius 3 is 2.26 bits per heavy atom. The van der Waals surface area contributed by atoms with Gasteiger partial charge >= 0.3 is 0 Å². The summed E-state index contributed by atoms with van der Waals surface area (Å²) in [6, 6.07) is 9.58. The predicted molar refractivity (Wildman–Crippen MR) is 116 cm³/mol. The first-order valence-corrected chi connectivity index (χ1v) is 10.3. The molecule has 0 saturated heterocycles. The number of nitrogens with one attached hydrogen (secondary N) is 1. The molecule has 2 rings (SSSR count). The number of rotatable bonds is 9. The highest BCUT2D eigenvalue weighted by atomic mass is 15.6. The van der Waals surface area contributed by atoms with Crippen LogP contribution in [0.25, 0.3) is 0 Å². The van der Waals surface area contributed by atoms with Gasteiger partial charge in [0.1, 0.15) is 6.17 Å². The van der Waals surface area contributed by atoms with Gasteiger partial charge in [-0.25, -0.2) is 10.4 Å². The van der Waals surface area contributed by atoms with Gasteiger partial charge in [-0.05, 0) is 37.1 Å². The van der Waals surface area contributed by atoms with E-state index in [-0.39, 0.29) is 12.2 Å². The lowest BCUT2D eigenvalue weighted by molar-refractivity contribution is -0.0122. The summed E-state index contributed by atoms with van der Waals surface area (Å²) in [6.07, 6.45) is 9.11. The molecule has 1 aromatic rings. The minimum Gasteiger partial charge on any atom is -0.379 e. The van der Waals surface area contributed by atoms with E-state index in [2.05, 4.69) is 99.2 Å². The minimum atomic E-state index is 0.125. The van der Waals surface area contributed by atoms with E-state index in [1.807, 2.05) is 6.08 Å². The zero-order chi connectivity index (χ0) is 20.0. The van der Waals surface area contributed by atoms with Gasteiger partial charge in [0.2, 0.25) is 0 Å². The molecule has 4 nitrogen and oxygen atoms in total. The highest BCUT2D eigenvalue weighted by molar-refractivity contribution is 5.39. The van der Waals surface area contributed by atoms with Crippen molar-refractivity contribution in [2.24, 2.45) is 0 Å². The van der Waals surface area contributed by atoms with Crippen molar-refractivity contribution in [3.8, 4) is 0 Å². The average Bonchev–Trinajstić information content (AvgIpc) is 2.64. The molecule has 1 heterocycles. The first-order chi connectivity index (χ1) is 13.0. The molecule has 2 atom stereocenters. The average molecular weight is 371 g/mol. The highest BCUT2D eigenvalue weighted by Crippen LogP contribution is 2.38. The second kappa shape index (κ2) is 10.1. The van der Waals surface area contributed by atoms with Crippen molar-refractivity contribution in [1.82, 2.24) is 20.2 Å². The van der Waals surface area contributed by atoms with E-state index in [0.29, 0.717) is 6.04 Å². The van der Waals surface area contributed by atoms with Gasteiger partial charge in [-0.1, -0.05) is 63.6 Å². The molecule has 0 bridgehead atoms. The van der Waals surface area contributed by atoms with Crippen LogP contribution < -0.4 is 5.43 Å². The number of nitrogens with zero attached hydrogens (tertiary/aromatic N) is 3. The summed E-state index contributed by atoms with van der Waals surface area (Å²) >= 11 is 0. The van der Waals surface area contributed by atoms with E-state index in [1.165, 1.54) is 42.5 Å². The number of allylic oxidation sites excluding steroid dienone is 2. The van der Waals surface area contributed by atoms with Crippen LogP contribution in [-0.2, 0) is 0 Å². The van der Waals surface area contributed by atoms with Crippen LogP contribution in [0.5, 0.6) is 0 Å². The summed E-state index contributed by atoms with van der Waals surface area (Å²) in [4.78, 5) is 4.73. The number of hydrogen-bond donors (Lipinski definition) is 1. The SMILES string of the molecule is C=C/C=C(/C1NN(C)C(N(C)C(CCC)CCC)c2ccccc21)N(C)C.